The number of piperidine rings is 1. The number of hydrogen-bond acceptors (Lipinski definition) is 4. The lowest BCUT2D eigenvalue weighted by molar-refractivity contribution is -0.134. The largest absolute Gasteiger partial charge is 0.497 e. The molecule has 1 saturated heterocycles. The fourth-order valence-corrected chi connectivity index (χ4v) is 3.39. The normalized spacial score (nSPS) is 15.3. The average Bonchev–Trinajstić information content (AvgIpc) is 3.16. The van der Waals surface area contributed by atoms with Crippen molar-refractivity contribution in [3.8, 4) is 11.5 Å². The highest BCUT2D eigenvalue weighted by Gasteiger charge is 2.27. The number of carbonyl (C=O) groups excluding carboxylic acids is 1. The molecule has 0 aliphatic carbocycles. The number of benzene rings is 1. The summed E-state index contributed by atoms with van der Waals surface area (Å²) in [7, 11) is 1.61. The Morgan fingerprint density at radius 3 is 2.69 bits per heavy atom. The molecule has 0 bridgehead atoms. The van der Waals surface area contributed by atoms with Gasteiger partial charge in [0.15, 0.2) is 6.61 Å². The number of likely N-dealkylation sites (tertiary alicyclic amines) is 1. The molecule has 26 heavy (non-hydrogen) atoms. The van der Waals surface area contributed by atoms with Crippen LogP contribution >= 0.6 is 0 Å². The SMILES string of the molecule is COc1cccc(OCC(=O)N2CCC(c3nccn3C(C)C)CC2)c1. The minimum Gasteiger partial charge on any atom is -0.497 e. The molecule has 1 fully saturated rings. The second-order valence-corrected chi connectivity index (χ2v) is 6.91. The van der Waals surface area contributed by atoms with Gasteiger partial charge in [-0.2, -0.15) is 0 Å². The lowest BCUT2D eigenvalue weighted by Crippen LogP contribution is -2.40. The standard InChI is InChI=1S/C20H27N3O3/c1-15(2)23-12-9-21-20(23)16-7-10-22(11-8-16)19(24)14-26-18-6-4-5-17(13-18)25-3/h4-6,9,12-13,15-16H,7-8,10-11,14H2,1-3H3. The molecule has 1 aliphatic heterocycles. The van der Waals surface area contributed by atoms with Crippen LogP contribution in [0.5, 0.6) is 11.5 Å². The molecule has 140 valence electrons. The van der Waals surface area contributed by atoms with E-state index in [0.717, 1.165) is 37.5 Å². The summed E-state index contributed by atoms with van der Waals surface area (Å²) >= 11 is 0. The fourth-order valence-electron chi connectivity index (χ4n) is 3.39. The van der Waals surface area contributed by atoms with Crippen molar-refractivity contribution in [3.05, 3.63) is 42.5 Å². The Kier molecular flexibility index (Phi) is 5.81. The van der Waals surface area contributed by atoms with E-state index in [1.54, 1.807) is 13.2 Å². The monoisotopic (exact) mass is 357 g/mol. The predicted octanol–water partition coefficient (Wildman–Crippen LogP) is 3.26. The van der Waals surface area contributed by atoms with Crippen LogP contribution in [0.15, 0.2) is 36.7 Å². The minimum atomic E-state index is 0.0264. The van der Waals surface area contributed by atoms with Gasteiger partial charge in [-0.05, 0) is 38.8 Å². The second kappa shape index (κ2) is 8.25. The van der Waals surface area contributed by atoms with Gasteiger partial charge >= 0.3 is 0 Å². The number of aromatic nitrogens is 2. The number of ether oxygens (including phenoxy) is 2. The van der Waals surface area contributed by atoms with Gasteiger partial charge in [0.05, 0.1) is 7.11 Å². The van der Waals surface area contributed by atoms with Gasteiger partial charge in [0, 0.05) is 43.5 Å². The maximum atomic E-state index is 12.4. The molecule has 1 aliphatic rings. The zero-order chi connectivity index (χ0) is 18.5. The van der Waals surface area contributed by atoms with Crippen molar-refractivity contribution in [1.82, 2.24) is 14.5 Å². The zero-order valence-electron chi connectivity index (χ0n) is 15.7. The molecule has 1 amide bonds. The summed E-state index contributed by atoms with van der Waals surface area (Å²) in [6.07, 6.45) is 5.79. The van der Waals surface area contributed by atoms with Crippen LogP contribution < -0.4 is 9.47 Å². The Bertz CT molecular complexity index is 733. The Hall–Kier alpha value is -2.50. The van der Waals surface area contributed by atoms with E-state index in [1.165, 1.54) is 0 Å². The maximum absolute atomic E-state index is 12.4. The van der Waals surface area contributed by atoms with Crippen molar-refractivity contribution in [1.29, 1.82) is 0 Å². The van der Waals surface area contributed by atoms with Gasteiger partial charge in [0.1, 0.15) is 17.3 Å². The van der Waals surface area contributed by atoms with Crippen molar-refractivity contribution in [3.63, 3.8) is 0 Å². The van der Waals surface area contributed by atoms with Gasteiger partial charge < -0.3 is 18.9 Å². The highest BCUT2D eigenvalue weighted by molar-refractivity contribution is 5.77. The third-order valence-electron chi connectivity index (χ3n) is 4.87. The molecule has 6 heteroatoms. The zero-order valence-corrected chi connectivity index (χ0v) is 15.7. The van der Waals surface area contributed by atoms with E-state index in [9.17, 15) is 4.79 Å². The Morgan fingerprint density at radius 2 is 2.00 bits per heavy atom. The molecule has 6 nitrogen and oxygen atoms in total. The first-order chi connectivity index (χ1) is 12.6. The summed E-state index contributed by atoms with van der Waals surface area (Å²) in [6.45, 7) is 5.88. The molecule has 1 aromatic heterocycles. The van der Waals surface area contributed by atoms with E-state index in [4.69, 9.17) is 9.47 Å². The molecule has 0 N–H and O–H groups in total. The molecule has 2 aromatic rings. The van der Waals surface area contributed by atoms with E-state index in [2.05, 4.69) is 23.4 Å². The third-order valence-corrected chi connectivity index (χ3v) is 4.87. The summed E-state index contributed by atoms with van der Waals surface area (Å²) in [5.74, 6) is 2.94. The van der Waals surface area contributed by atoms with Crippen molar-refractivity contribution in [2.45, 2.75) is 38.6 Å². The van der Waals surface area contributed by atoms with Crippen molar-refractivity contribution in [2.24, 2.45) is 0 Å². The molecule has 1 aromatic carbocycles. The van der Waals surface area contributed by atoms with Gasteiger partial charge in [-0.25, -0.2) is 4.98 Å². The van der Waals surface area contributed by atoms with Crippen molar-refractivity contribution in [2.75, 3.05) is 26.8 Å². The van der Waals surface area contributed by atoms with Crippen molar-refractivity contribution >= 4 is 5.91 Å². The first kappa shape index (κ1) is 18.3. The number of amides is 1. The second-order valence-electron chi connectivity index (χ2n) is 6.91. The number of rotatable bonds is 6. The van der Waals surface area contributed by atoms with Gasteiger partial charge in [-0.3, -0.25) is 4.79 Å². The summed E-state index contributed by atoms with van der Waals surface area (Å²) in [4.78, 5) is 18.9. The summed E-state index contributed by atoms with van der Waals surface area (Å²) < 4.78 is 13.0. The first-order valence-corrected chi connectivity index (χ1v) is 9.16. The topological polar surface area (TPSA) is 56.6 Å². The van der Waals surface area contributed by atoms with Gasteiger partial charge in [0.25, 0.3) is 5.91 Å². The lowest BCUT2D eigenvalue weighted by atomic mass is 9.95. The minimum absolute atomic E-state index is 0.0264. The summed E-state index contributed by atoms with van der Waals surface area (Å²) in [5.41, 5.74) is 0. The number of methoxy groups -OCH3 is 1. The number of imidazole rings is 1. The third kappa shape index (κ3) is 4.18. The first-order valence-electron chi connectivity index (χ1n) is 9.16. The van der Waals surface area contributed by atoms with Crippen LogP contribution in [-0.2, 0) is 4.79 Å². The molecule has 0 radical (unpaired) electrons. The molecular formula is C20H27N3O3. The number of carbonyl (C=O) groups is 1. The maximum Gasteiger partial charge on any atom is 0.260 e. The molecule has 0 atom stereocenters. The van der Waals surface area contributed by atoms with Gasteiger partial charge in [0.2, 0.25) is 0 Å². The number of nitrogens with zero attached hydrogens (tertiary/aromatic N) is 3. The number of hydrogen-bond donors (Lipinski definition) is 0. The smallest absolute Gasteiger partial charge is 0.260 e. The summed E-state index contributed by atoms with van der Waals surface area (Å²) in [5, 5.41) is 0. The molecule has 0 unspecified atom stereocenters. The van der Waals surface area contributed by atoms with Crippen molar-refractivity contribution < 1.29 is 14.3 Å². The van der Waals surface area contributed by atoms with Gasteiger partial charge in [-0.15, -0.1) is 0 Å². The molecule has 2 heterocycles. The molecule has 0 spiro atoms. The highest BCUT2D eigenvalue weighted by atomic mass is 16.5. The van der Waals surface area contributed by atoms with E-state index in [0.29, 0.717) is 17.7 Å². The highest BCUT2D eigenvalue weighted by Crippen LogP contribution is 2.28. The van der Waals surface area contributed by atoms with E-state index < -0.39 is 0 Å². The lowest BCUT2D eigenvalue weighted by Gasteiger charge is -2.32. The quantitative estimate of drug-likeness (QED) is 0.796. The van der Waals surface area contributed by atoms with Crippen LogP contribution in [0.4, 0.5) is 0 Å². The van der Waals surface area contributed by atoms with E-state index in [-0.39, 0.29) is 12.5 Å². The molecule has 0 saturated carbocycles. The van der Waals surface area contributed by atoms with Crippen LogP contribution in [0.3, 0.4) is 0 Å². The fraction of sp³-hybridized carbons (Fsp3) is 0.500. The van der Waals surface area contributed by atoms with E-state index >= 15 is 0 Å². The average molecular weight is 357 g/mol. The van der Waals surface area contributed by atoms with Crippen LogP contribution in [0, 0.1) is 0 Å². The molecular weight excluding hydrogens is 330 g/mol. The van der Waals surface area contributed by atoms with Gasteiger partial charge in [-0.1, -0.05) is 6.07 Å². The Morgan fingerprint density at radius 1 is 1.27 bits per heavy atom. The van der Waals surface area contributed by atoms with Crippen LogP contribution in [0.1, 0.15) is 44.5 Å². The van der Waals surface area contributed by atoms with Crippen LogP contribution in [0.2, 0.25) is 0 Å². The Balaban J connectivity index is 1.51. The van der Waals surface area contributed by atoms with E-state index in [1.807, 2.05) is 35.5 Å². The predicted molar refractivity (Wildman–Crippen MR) is 99.7 cm³/mol. The summed E-state index contributed by atoms with van der Waals surface area (Å²) in [6, 6.07) is 7.71. The van der Waals surface area contributed by atoms with Crippen LogP contribution in [0.25, 0.3) is 0 Å². The Labute approximate surface area is 154 Å². The van der Waals surface area contributed by atoms with Crippen LogP contribution in [-0.4, -0.2) is 47.2 Å². The molecule has 3 rings (SSSR count).